The number of fused-ring (bicyclic) bond motifs is 2. The minimum absolute atomic E-state index is 0.00767. The minimum atomic E-state index is -1.47. The highest BCUT2D eigenvalue weighted by Crippen LogP contribution is 2.61. The first-order valence-electron chi connectivity index (χ1n) is 19.4. The van der Waals surface area contributed by atoms with Crippen LogP contribution in [0.1, 0.15) is 75.8 Å². The molecule has 1 aliphatic heterocycles. The standard InChI is InChI=1S/C41H54N4O11/c1-5-22-53-41-36(44(4)40(49)52-7-3)25-34(43-54-26-27-14-16-29(17-15-27)45(50)51)32-23-28(12-8-10-20-46)31(13-9-11-21-47)37(38(32)41)33-24-30(18-19-35(33)56-41)55-39(48)42-6-2/h5,14-19,23-24,28,31,36-38,46-47H,1,6-13,20-22,25-26H2,2-4H3,(H,42,48). The zero-order valence-corrected chi connectivity index (χ0v) is 32.4. The number of oxime groups is 1. The van der Waals surface area contributed by atoms with Crippen molar-refractivity contribution < 1.29 is 48.5 Å². The average molecular weight is 779 g/mol. The average Bonchev–Trinajstić information content (AvgIpc) is 3.18. The van der Waals surface area contributed by atoms with Crippen molar-refractivity contribution in [2.24, 2.45) is 22.9 Å². The molecule has 0 aromatic heterocycles. The predicted molar refractivity (Wildman–Crippen MR) is 207 cm³/mol. The Balaban J connectivity index is 1.71. The van der Waals surface area contributed by atoms with Gasteiger partial charge in [-0.15, -0.1) is 6.58 Å². The molecule has 2 aliphatic carbocycles. The lowest BCUT2D eigenvalue weighted by atomic mass is 9.55. The Labute approximate surface area is 327 Å². The first-order valence-corrected chi connectivity index (χ1v) is 19.4. The lowest BCUT2D eigenvalue weighted by molar-refractivity contribution is -0.384. The molecule has 2 aromatic rings. The molecule has 15 heteroatoms. The zero-order valence-electron chi connectivity index (χ0n) is 32.4. The Hall–Kier alpha value is -4.99. The normalized spacial score (nSPS) is 24.1. The maximum Gasteiger partial charge on any atom is 0.412 e. The van der Waals surface area contributed by atoms with Gasteiger partial charge in [-0.2, -0.15) is 0 Å². The fourth-order valence-corrected chi connectivity index (χ4v) is 8.33. The Kier molecular flexibility index (Phi) is 14.9. The van der Waals surface area contributed by atoms with Gasteiger partial charge in [-0.1, -0.05) is 30.1 Å². The highest BCUT2D eigenvalue weighted by Gasteiger charge is 2.65. The van der Waals surface area contributed by atoms with E-state index in [2.05, 4.69) is 18.0 Å². The van der Waals surface area contributed by atoms with Crippen molar-refractivity contribution in [1.82, 2.24) is 10.2 Å². The monoisotopic (exact) mass is 778 g/mol. The Morgan fingerprint density at radius 3 is 2.50 bits per heavy atom. The summed E-state index contributed by atoms with van der Waals surface area (Å²) in [6.45, 7) is 8.22. The Morgan fingerprint density at radius 1 is 1.11 bits per heavy atom. The highest BCUT2D eigenvalue weighted by atomic mass is 16.7. The molecular formula is C41H54N4O11. The zero-order chi connectivity index (χ0) is 40.2. The topological polar surface area (TPSA) is 192 Å². The maximum absolute atomic E-state index is 13.6. The second-order valence-electron chi connectivity index (χ2n) is 14.2. The van der Waals surface area contributed by atoms with Gasteiger partial charge in [-0.3, -0.25) is 10.1 Å². The summed E-state index contributed by atoms with van der Waals surface area (Å²) in [7, 11) is 1.64. The number of allylic oxidation sites excluding steroid dienone is 1. The van der Waals surface area contributed by atoms with Crippen LogP contribution < -0.4 is 14.8 Å². The third-order valence-electron chi connectivity index (χ3n) is 10.8. The number of hydrogen-bond donors (Lipinski definition) is 3. The number of likely N-dealkylation sites (N-methyl/N-ethyl adjacent to an activating group) is 1. The maximum atomic E-state index is 13.6. The van der Waals surface area contributed by atoms with E-state index < -0.39 is 34.9 Å². The number of nitrogens with one attached hydrogen (secondary N) is 1. The molecule has 1 heterocycles. The van der Waals surface area contributed by atoms with Crippen molar-refractivity contribution in [3.63, 3.8) is 0 Å². The molecule has 304 valence electrons. The van der Waals surface area contributed by atoms with Crippen molar-refractivity contribution in [3.8, 4) is 11.5 Å². The molecule has 1 fully saturated rings. The number of carbonyl (C=O) groups excluding carboxylic acids is 2. The fourth-order valence-electron chi connectivity index (χ4n) is 8.33. The number of nitro benzene ring substituents is 1. The predicted octanol–water partition coefficient (Wildman–Crippen LogP) is 6.63. The van der Waals surface area contributed by atoms with Crippen LogP contribution in [0.15, 0.2) is 71.9 Å². The quantitative estimate of drug-likeness (QED) is 0.0601. The van der Waals surface area contributed by atoms with Crippen LogP contribution in [0.25, 0.3) is 0 Å². The number of amides is 2. The number of rotatable bonds is 19. The Bertz CT molecular complexity index is 1750. The number of aliphatic hydroxyl groups excluding tert-OH is 2. The number of nitrogens with zero attached hydrogens (tertiary/aromatic N) is 3. The van der Waals surface area contributed by atoms with E-state index in [1.54, 1.807) is 51.2 Å². The summed E-state index contributed by atoms with van der Waals surface area (Å²) < 4.78 is 25.1. The van der Waals surface area contributed by atoms with Crippen molar-refractivity contribution in [1.29, 1.82) is 0 Å². The van der Waals surface area contributed by atoms with Gasteiger partial charge >= 0.3 is 12.2 Å². The van der Waals surface area contributed by atoms with E-state index in [1.807, 2.05) is 6.07 Å². The number of unbranched alkanes of at least 4 members (excludes halogenated alkanes) is 2. The van der Waals surface area contributed by atoms with Gasteiger partial charge in [0, 0.05) is 56.8 Å². The summed E-state index contributed by atoms with van der Waals surface area (Å²) in [5.41, 5.74) is 2.83. The van der Waals surface area contributed by atoms with Crippen LogP contribution in [-0.4, -0.2) is 89.8 Å². The number of carbonyl (C=O) groups is 2. The Morgan fingerprint density at radius 2 is 1.84 bits per heavy atom. The number of benzene rings is 2. The minimum Gasteiger partial charge on any atom is -0.459 e. The van der Waals surface area contributed by atoms with Crippen molar-refractivity contribution >= 4 is 23.6 Å². The molecule has 2 amide bonds. The molecule has 56 heavy (non-hydrogen) atoms. The van der Waals surface area contributed by atoms with E-state index in [4.69, 9.17) is 28.9 Å². The largest absolute Gasteiger partial charge is 0.459 e. The summed E-state index contributed by atoms with van der Waals surface area (Å²) in [6.07, 6.45) is 7.05. The summed E-state index contributed by atoms with van der Waals surface area (Å²) >= 11 is 0. The molecule has 3 aliphatic rings. The van der Waals surface area contributed by atoms with Gasteiger partial charge in [-0.25, -0.2) is 9.59 Å². The summed E-state index contributed by atoms with van der Waals surface area (Å²) in [5.74, 6) is -1.56. The second-order valence-corrected chi connectivity index (χ2v) is 14.2. The van der Waals surface area contributed by atoms with E-state index in [9.17, 15) is 29.9 Å². The number of non-ortho nitro benzene ring substituents is 1. The van der Waals surface area contributed by atoms with Crippen molar-refractivity contribution in [3.05, 3.63) is 88.0 Å². The van der Waals surface area contributed by atoms with Gasteiger partial charge in [0.1, 0.15) is 24.1 Å². The van der Waals surface area contributed by atoms with E-state index in [-0.39, 0.29) is 62.9 Å². The van der Waals surface area contributed by atoms with E-state index in [1.165, 1.54) is 17.0 Å². The van der Waals surface area contributed by atoms with Crippen LogP contribution in [0.2, 0.25) is 0 Å². The van der Waals surface area contributed by atoms with Gasteiger partial charge < -0.3 is 44.2 Å². The molecule has 1 saturated carbocycles. The van der Waals surface area contributed by atoms with E-state index in [0.29, 0.717) is 42.2 Å². The molecule has 15 nitrogen and oxygen atoms in total. The molecule has 2 aromatic carbocycles. The van der Waals surface area contributed by atoms with Crippen LogP contribution in [0.4, 0.5) is 15.3 Å². The molecule has 3 N–H and O–H groups in total. The summed E-state index contributed by atoms with van der Waals surface area (Å²) in [4.78, 5) is 44.4. The molecular weight excluding hydrogens is 724 g/mol. The van der Waals surface area contributed by atoms with Crippen LogP contribution >= 0.6 is 0 Å². The third-order valence-corrected chi connectivity index (χ3v) is 10.8. The fraction of sp³-hybridized carbons (Fsp3) is 0.537. The van der Waals surface area contributed by atoms with Crippen LogP contribution in [0.3, 0.4) is 0 Å². The molecule has 0 radical (unpaired) electrons. The molecule has 6 atom stereocenters. The number of ether oxygens (including phenoxy) is 4. The SMILES string of the molecule is C=CCOC12Oc3ccc(OC(=O)NCC)cc3C3C(CCCCO)C(CCCCO)C=C(C(=NOCc4ccc([N+](=O)[O-])cc4)CC1N(C)C(=O)OCC)C32. The van der Waals surface area contributed by atoms with Gasteiger partial charge in [0.2, 0.25) is 5.79 Å². The van der Waals surface area contributed by atoms with E-state index >= 15 is 0 Å². The first-order chi connectivity index (χ1) is 27.1. The second kappa shape index (κ2) is 19.7. The van der Waals surface area contributed by atoms with Gasteiger partial charge in [0.25, 0.3) is 5.69 Å². The molecule has 6 unspecified atom stereocenters. The summed E-state index contributed by atoms with van der Waals surface area (Å²) in [6, 6.07) is 10.5. The number of hydrogen-bond acceptors (Lipinski definition) is 12. The van der Waals surface area contributed by atoms with Gasteiger partial charge in [0.15, 0.2) is 0 Å². The van der Waals surface area contributed by atoms with E-state index in [0.717, 1.165) is 36.8 Å². The highest BCUT2D eigenvalue weighted by molar-refractivity contribution is 6.03. The molecule has 0 bridgehead atoms. The molecule has 0 saturated heterocycles. The smallest absolute Gasteiger partial charge is 0.412 e. The van der Waals surface area contributed by atoms with Crippen molar-refractivity contribution in [2.75, 3.05) is 40.0 Å². The van der Waals surface area contributed by atoms with Crippen LogP contribution in [-0.2, 0) is 20.9 Å². The van der Waals surface area contributed by atoms with Crippen LogP contribution in [0, 0.1) is 27.9 Å². The number of nitro groups is 1. The first kappa shape index (κ1) is 42.2. The lowest BCUT2D eigenvalue weighted by Gasteiger charge is -2.59. The third kappa shape index (κ3) is 9.33. The van der Waals surface area contributed by atoms with Gasteiger partial charge in [-0.05, 0) is 92.8 Å². The summed E-state index contributed by atoms with van der Waals surface area (Å²) in [5, 5.41) is 38.2. The lowest BCUT2D eigenvalue weighted by Crippen LogP contribution is -2.69. The van der Waals surface area contributed by atoms with Crippen LogP contribution in [0.5, 0.6) is 11.5 Å². The van der Waals surface area contributed by atoms with Crippen molar-refractivity contribution in [2.45, 2.75) is 83.1 Å². The molecule has 5 rings (SSSR count). The number of aliphatic hydroxyl groups is 2. The van der Waals surface area contributed by atoms with Gasteiger partial charge in [0.05, 0.1) is 29.8 Å². The molecule has 0 spiro atoms.